The van der Waals surface area contributed by atoms with E-state index < -0.39 is 0 Å². The summed E-state index contributed by atoms with van der Waals surface area (Å²) in [4.78, 5) is 15.1. The highest BCUT2D eigenvalue weighted by molar-refractivity contribution is 6.13. The molecule has 0 unspecified atom stereocenters. The maximum Gasteiger partial charge on any atom is 0.192 e. The number of benzene rings is 2. The minimum atomic E-state index is -0.0736. The smallest absolute Gasteiger partial charge is 0.192 e. The number of methoxy groups -OCH3 is 3. The lowest BCUT2D eigenvalue weighted by Gasteiger charge is -2.17. The van der Waals surface area contributed by atoms with Crippen molar-refractivity contribution in [2.75, 3.05) is 40.3 Å². The van der Waals surface area contributed by atoms with Crippen molar-refractivity contribution in [3.8, 4) is 17.2 Å². The minimum Gasteiger partial charge on any atom is -0.497 e. The maximum absolute atomic E-state index is 13.1. The zero-order chi connectivity index (χ0) is 20.0. The van der Waals surface area contributed by atoms with Crippen LogP contribution in [0.15, 0.2) is 42.0 Å². The van der Waals surface area contributed by atoms with Gasteiger partial charge in [-0.3, -0.25) is 4.79 Å². The number of anilines is 1. The highest BCUT2D eigenvalue weighted by Crippen LogP contribution is 2.31. The van der Waals surface area contributed by atoms with E-state index in [9.17, 15) is 4.79 Å². The van der Waals surface area contributed by atoms with E-state index in [1.807, 2.05) is 50.2 Å². The van der Waals surface area contributed by atoms with Gasteiger partial charge in [0.15, 0.2) is 5.78 Å². The Labute approximate surface area is 161 Å². The Morgan fingerprint density at radius 2 is 1.63 bits per heavy atom. The van der Waals surface area contributed by atoms with Crippen LogP contribution in [0.3, 0.4) is 0 Å². The van der Waals surface area contributed by atoms with E-state index in [0.717, 1.165) is 17.0 Å². The summed E-state index contributed by atoms with van der Waals surface area (Å²) in [6.45, 7) is 1.97. The van der Waals surface area contributed by atoms with E-state index in [1.54, 1.807) is 39.5 Å². The van der Waals surface area contributed by atoms with E-state index in [-0.39, 0.29) is 5.78 Å². The van der Waals surface area contributed by atoms with Crippen molar-refractivity contribution in [2.45, 2.75) is 13.3 Å². The van der Waals surface area contributed by atoms with Crippen LogP contribution in [0.4, 0.5) is 5.69 Å². The first-order valence-corrected chi connectivity index (χ1v) is 8.77. The number of rotatable bonds is 8. The summed E-state index contributed by atoms with van der Waals surface area (Å²) >= 11 is 0. The number of ether oxygens (including phenoxy) is 3. The second-order valence-electron chi connectivity index (χ2n) is 6.24. The van der Waals surface area contributed by atoms with Crippen LogP contribution in [0.25, 0.3) is 6.08 Å². The molecular formula is C22H27NO4. The van der Waals surface area contributed by atoms with Crippen molar-refractivity contribution in [3.05, 3.63) is 53.1 Å². The van der Waals surface area contributed by atoms with Gasteiger partial charge in [-0.15, -0.1) is 0 Å². The van der Waals surface area contributed by atoms with Gasteiger partial charge in [-0.2, -0.15) is 0 Å². The Balaban J connectivity index is 2.47. The Hall–Kier alpha value is -2.95. The quantitative estimate of drug-likeness (QED) is 0.508. The number of nitrogens with zero attached hydrogens (tertiary/aromatic N) is 1. The Morgan fingerprint density at radius 1 is 0.963 bits per heavy atom. The summed E-state index contributed by atoms with van der Waals surface area (Å²) in [7, 11) is 8.69. The van der Waals surface area contributed by atoms with Crippen LogP contribution >= 0.6 is 0 Å². The monoisotopic (exact) mass is 369 g/mol. The lowest BCUT2D eigenvalue weighted by molar-refractivity contribution is 0.102. The largest absolute Gasteiger partial charge is 0.497 e. The van der Waals surface area contributed by atoms with Crippen LogP contribution in [-0.4, -0.2) is 41.2 Å². The van der Waals surface area contributed by atoms with Crippen LogP contribution in [0.5, 0.6) is 17.2 Å². The number of hydrogen-bond donors (Lipinski definition) is 0. The van der Waals surface area contributed by atoms with Gasteiger partial charge in [0.2, 0.25) is 0 Å². The molecule has 2 aromatic carbocycles. The predicted molar refractivity (Wildman–Crippen MR) is 109 cm³/mol. The van der Waals surface area contributed by atoms with Crippen LogP contribution in [-0.2, 0) is 0 Å². The molecule has 5 nitrogen and oxygen atoms in total. The molecule has 0 spiro atoms. The second kappa shape index (κ2) is 9.12. The fourth-order valence-corrected chi connectivity index (χ4v) is 2.84. The van der Waals surface area contributed by atoms with Gasteiger partial charge in [-0.25, -0.2) is 0 Å². The van der Waals surface area contributed by atoms with Crippen LogP contribution in [0.1, 0.15) is 29.3 Å². The van der Waals surface area contributed by atoms with Crippen molar-refractivity contribution in [1.82, 2.24) is 0 Å². The first-order chi connectivity index (χ1) is 12.9. The average molecular weight is 369 g/mol. The first-order valence-electron chi connectivity index (χ1n) is 8.77. The molecule has 27 heavy (non-hydrogen) atoms. The standard InChI is InChI=1S/C22H27NO4/c1-7-16(12-15-8-10-21(27-6)19(13-15)23(2)3)22(24)18-14-17(25-4)9-11-20(18)26-5/h8-14H,7H2,1-6H3. The van der Waals surface area contributed by atoms with Gasteiger partial charge in [0.25, 0.3) is 0 Å². The highest BCUT2D eigenvalue weighted by Gasteiger charge is 2.17. The van der Waals surface area contributed by atoms with E-state index in [0.29, 0.717) is 29.1 Å². The molecule has 0 fully saturated rings. The molecule has 0 aliphatic carbocycles. The number of ketones is 1. The second-order valence-corrected chi connectivity index (χ2v) is 6.24. The summed E-state index contributed by atoms with van der Waals surface area (Å²) in [5.74, 6) is 1.87. The lowest BCUT2D eigenvalue weighted by Crippen LogP contribution is -2.10. The van der Waals surface area contributed by atoms with Crippen LogP contribution in [0.2, 0.25) is 0 Å². The third-order valence-electron chi connectivity index (χ3n) is 4.35. The maximum atomic E-state index is 13.1. The van der Waals surface area contributed by atoms with E-state index in [1.165, 1.54) is 0 Å². The van der Waals surface area contributed by atoms with Gasteiger partial charge >= 0.3 is 0 Å². The normalized spacial score (nSPS) is 11.1. The molecule has 0 aliphatic heterocycles. The summed E-state index contributed by atoms with van der Waals surface area (Å²) in [6, 6.07) is 11.1. The topological polar surface area (TPSA) is 48.0 Å². The summed E-state index contributed by atoms with van der Waals surface area (Å²) in [5, 5.41) is 0. The Bertz CT molecular complexity index is 840. The third-order valence-corrected chi connectivity index (χ3v) is 4.35. The summed E-state index contributed by atoms with van der Waals surface area (Å²) in [5.41, 5.74) is 3.07. The van der Waals surface area contributed by atoms with Crippen molar-refractivity contribution in [1.29, 1.82) is 0 Å². The first kappa shape index (κ1) is 20.4. The Kier molecular flexibility index (Phi) is 6.88. The van der Waals surface area contributed by atoms with Gasteiger partial charge in [0, 0.05) is 19.7 Å². The summed E-state index contributed by atoms with van der Waals surface area (Å²) < 4.78 is 16.0. The molecule has 5 heteroatoms. The number of hydrogen-bond acceptors (Lipinski definition) is 5. The number of allylic oxidation sites excluding steroid dienone is 1. The fraction of sp³-hybridized carbons (Fsp3) is 0.318. The van der Waals surface area contributed by atoms with Gasteiger partial charge in [0.1, 0.15) is 17.2 Å². The number of Topliss-reactive ketones (excluding diaryl/α,β-unsaturated/α-hetero) is 1. The molecule has 2 aromatic rings. The third kappa shape index (κ3) is 4.61. The molecular weight excluding hydrogens is 342 g/mol. The van der Waals surface area contributed by atoms with Gasteiger partial charge in [-0.1, -0.05) is 13.0 Å². The predicted octanol–water partition coefficient (Wildman–Crippen LogP) is 4.45. The Morgan fingerprint density at radius 3 is 2.19 bits per heavy atom. The molecule has 0 aromatic heterocycles. The summed E-state index contributed by atoms with van der Waals surface area (Å²) in [6.07, 6.45) is 2.51. The van der Waals surface area contributed by atoms with E-state index in [2.05, 4.69) is 0 Å². The minimum absolute atomic E-state index is 0.0736. The molecule has 0 radical (unpaired) electrons. The fourth-order valence-electron chi connectivity index (χ4n) is 2.84. The molecule has 0 saturated heterocycles. The van der Waals surface area contributed by atoms with Crippen molar-refractivity contribution < 1.29 is 19.0 Å². The number of carbonyl (C=O) groups excluding carboxylic acids is 1. The molecule has 0 aliphatic rings. The molecule has 0 heterocycles. The molecule has 144 valence electrons. The van der Waals surface area contributed by atoms with Crippen molar-refractivity contribution in [3.63, 3.8) is 0 Å². The molecule has 0 saturated carbocycles. The average Bonchev–Trinajstić information content (AvgIpc) is 2.70. The van der Waals surface area contributed by atoms with Crippen molar-refractivity contribution in [2.24, 2.45) is 0 Å². The SMILES string of the molecule is CCC(=Cc1ccc(OC)c(N(C)C)c1)C(=O)c1cc(OC)ccc1OC. The number of carbonyl (C=O) groups is 1. The van der Waals surface area contributed by atoms with E-state index in [4.69, 9.17) is 14.2 Å². The molecule has 0 bridgehead atoms. The van der Waals surface area contributed by atoms with Crippen molar-refractivity contribution >= 4 is 17.5 Å². The van der Waals surface area contributed by atoms with Crippen LogP contribution < -0.4 is 19.1 Å². The molecule has 0 amide bonds. The molecule has 0 atom stereocenters. The highest BCUT2D eigenvalue weighted by atomic mass is 16.5. The van der Waals surface area contributed by atoms with Gasteiger partial charge in [0.05, 0.1) is 32.6 Å². The van der Waals surface area contributed by atoms with Gasteiger partial charge in [-0.05, 0) is 48.4 Å². The van der Waals surface area contributed by atoms with Crippen LogP contribution in [0, 0.1) is 0 Å². The molecule has 0 N–H and O–H groups in total. The molecule has 2 rings (SSSR count). The van der Waals surface area contributed by atoms with E-state index >= 15 is 0 Å². The zero-order valence-electron chi connectivity index (χ0n) is 16.8. The zero-order valence-corrected chi connectivity index (χ0v) is 16.8. The van der Waals surface area contributed by atoms with Gasteiger partial charge < -0.3 is 19.1 Å². The lowest BCUT2D eigenvalue weighted by atomic mass is 9.97.